The molecule has 2 heterocycles. The lowest BCUT2D eigenvalue weighted by atomic mass is 9.88. The highest BCUT2D eigenvalue weighted by Crippen LogP contribution is 2.36. The topological polar surface area (TPSA) is 58.9 Å². The van der Waals surface area contributed by atoms with Crippen molar-refractivity contribution in [3.63, 3.8) is 0 Å². The highest BCUT2D eigenvalue weighted by atomic mass is 16.6. The SMILES string of the molecule is C=C1C(O)O[C@H]2/C=C(\C)CC3C=C(CC/C=C(\C)CC[C@H]12)C(O)O3. The maximum absolute atomic E-state index is 10.1. The van der Waals surface area contributed by atoms with Crippen LogP contribution in [0.25, 0.3) is 0 Å². The Hall–Kier alpha value is -1.20. The third kappa shape index (κ3) is 3.89. The Morgan fingerprint density at radius 3 is 2.62 bits per heavy atom. The maximum Gasteiger partial charge on any atom is 0.177 e. The van der Waals surface area contributed by atoms with Crippen molar-refractivity contribution in [2.45, 2.75) is 70.7 Å². The van der Waals surface area contributed by atoms with Crippen molar-refractivity contribution in [3.8, 4) is 0 Å². The van der Waals surface area contributed by atoms with E-state index in [1.807, 2.05) is 6.92 Å². The van der Waals surface area contributed by atoms with Crippen LogP contribution in [0.1, 0.15) is 46.0 Å². The molecule has 2 aliphatic heterocycles. The van der Waals surface area contributed by atoms with Crippen molar-refractivity contribution < 1.29 is 19.7 Å². The smallest absolute Gasteiger partial charge is 0.177 e. The second-order valence-corrected chi connectivity index (χ2v) is 7.25. The van der Waals surface area contributed by atoms with Gasteiger partial charge in [0.15, 0.2) is 12.6 Å². The first-order valence-corrected chi connectivity index (χ1v) is 8.83. The van der Waals surface area contributed by atoms with E-state index in [2.05, 4.69) is 31.7 Å². The van der Waals surface area contributed by atoms with Crippen LogP contribution in [0.2, 0.25) is 0 Å². The van der Waals surface area contributed by atoms with Gasteiger partial charge < -0.3 is 19.7 Å². The van der Waals surface area contributed by atoms with Gasteiger partial charge in [-0.05, 0) is 57.1 Å². The molecule has 132 valence electrons. The molecule has 0 radical (unpaired) electrons. The van der Waals surface area contributed by atoms with Crippen molar-refractivity contribution >= 4 is 0 Å². The molecule has 4 nitrogen and oxygen atoms in total. The van der Waals surface area contributed by atoms with Gasteiger partial charge in [-0.25, -0.2) is 0 Å². The summed E-state index contributed by atoms with van der Waals surface area (Å²) in [5, 5.41) is 20.1. The maximum atomic E-state index is 10.1. The minimum absolute atomic E-state index is 0.0905. The zero-order valence-electron chi connectivity index (χ0n) is 14.6. The molecule has 1 saturated heterocycles. The molecule has 0 aromatic carbocycles. The van der Waals surface area contributed by atoms with Crippen molar-refractivity contribution in [2.75, 3.05) is 0 Å². The summed E-state index contributed by atoms with van der Waals surface area (Å²) in [6.07, 6.45) is 8.84. The fraction of sp³-hybridized carbons (Fsp3) is 0.600. The molecule has 0 aromatic rings. The van der Waals surface area contributed by atoms with Crippen LogP contribution >= 0.6 is 0 Å². The minimum atomic E-state index is -0.875. The molecule has 2 N–H and O–H groups in total. The second kappa shape index (κ2) is 7.36. The van der Waals surface area contributed by atoms with Gasteiger partial charge >= 0.3 is 0 Å². The lowest BCUT2D eigenvalue weighted by Gasteiger charge is -2.17. The molecule has 0 aromatic heterocycles. The predicted molar refractivity (Wildman–Crippen MR) is 93.1 cm³/mol. The number of hydrogen-bond acceptors (Lipinski definition) is 4. The molecular weight excluding hydrogens is 304 g/mol. The molecule has 5 atom stereocenters. The minimum Gasteiger partial charge on any atom is -0.364 e. The van der Waals surface area contributed by atoms with Gasteiger partial charge in [0.25, 0.3) is 0 Å². The van der Waals surface area contributed by atoms with Crippen LogP contribution in [-0.4, -0.2) is 35.0 Å². The first-order chi connectivity index (χ1) is 11.4. The van der Waals surface area contributed by atoms with E-state index in [-0.39, 0.29) is 18.1 Å². The summed E-state index contributed by atoms with van der Waals surface area (Å²) in [6.45, 7) is 8.21. The van der Waals surface area contributed by atoms with Crippen LogP contribution in [0, 0.1) is 5.92 Å². The molecule has 1 aliphatic carbocycles. The third-order valence-corrected chi connectivity index (χ3v) is 5.24. The first-order valence-electron chi connectivity index (χ1n) is 8.83. The summed E-state index contributed by atoms with van der Waals surface area (Å²) in [7, 11) is 0. The van der Waals surface area contributed by atoms with Crippen molar-refractivity contribution in [1.82, 2.24) is 0 Å². The van der Waals surface area contributed by atoms with Crippen LogP contribution in [0.5, 0.6) is 0 Å². The van der Waals surface area contributed by atoms with Gasteiger partial charge in [-0.15, -0.1) is 0 Å². The number of fused-ring (bicyclic) bond motifs is 2. The summed E-state index contributed by atoms with van der Waals surface area (Å²) in [6, 6.07) is 0. The van der Waals surface area contributed by atoms with E-state index in [1.54, 1.807) is 0 Å². The average molecular weight is 332 g/mol. The van der Waals surface area contributed by atoms with Crippen LogP contribution in [0.3, 0.4) is 0 Å². The summed E-state index contributed by atoms with van der Waals surface area (Å²) < 4.78 is 11.3. The number of ether oxygens (including phenoxy) is 2. The molecule has 3 unspecified atom stereocenters. The van der Waals surface area contributed by atoms with E-state index in [4.69, 9.17) is 9.47 Å². The van der Waals surface area contributed by atoms with Crippen LogP contribution in [-0.2, 0) is 9.47 Å². The van der Waals surface area contributed by atoms with E-state index >= 15 is 0 Å². The lowest BCUT2D eigenvalue weighted by Crippen LogP contribution is -2.16. The fourth-order valence-corrected chi connectivity index (χ4v) is 3.79. The largest absolute Gasteiger partial charge is 0.364 e. The zero-order valence-corrected chi connectivity index (χ0v) is 14.6. The number of hydrogen-bond donors (Lipinski definition) is 2. The summed E-state index contributed by atoms with van der Waals surface area (Å²) in [5.74, 6) is 0.141. The molecule has 0 amide bonds. The van der Waals surface area contributed by atoms with Gasteiger partial charge in [0.05, 0.1) is 12.2 Å². The monoisotopic (exact) mass is 332 g/mol. The van der Waals surface area contributed by atoms with Gasteiger partial charge in [-0.2, -0.15) is 0 Å². The summed E-state index contributed by atoms with van der Waals surface area (Å²) in [4.78, 5) is 0. The van der Waals surface area contributed by atoms with E-state index in [0.717, 1.165) is 48.8 Å². The quantitative estimate of drug-likeness (QED) is 0.668. The second-order valence-electron chi connectivity index (χ2n) is 7.25. The number of rotatable bonds is 0. The normalized spacial score (nSPS) is 42.4. The van der Waals surface area contributed by atoms with Crippen molar-refractivity contribution in [2.24, 2.45) is 5.92 Å². The molecule has 0 spiro atoms. The zero-order chi connectivity index (χ0) is 17.3. The third-order valence-electron chi connectivity index (χ3n) is 5.24. The molecule has 1 fully saturated rings. The number of aliphatic hydroxyl groups excluding tert-OH is 2. The lowest BCUT2D eigenvalue weighted by molar-refractivity contribution is -0.0801. The van der Waals surface area contributed by atoms with E-state index in [0.29, 0.717) is 0 Å². The highest BCUT2D eigenvalue weighted by molar-refractivity contribution is 5.22. The molecule has 0 saturated carbocycles. The van der Waals surface area contributed by atoms with Gasteiger partial charge in [0.1, 0.15) is 0 Å². The Labute approximate surface area is 144 Å². The Bertz CT molecular complexity index is 586. The molecule has 4 heteroatoms. The number of aliphatic hydroxyl groups is 2. The van der Waals surface area contributed by atoms with E-state index < -0.39 is 12.6 Å². The van der Waals surface area contributed by atoms with Gasteiger partial charge in [0, 0.05) is 5.92 Å². The van der Waals surface area contributed by atoms with Gasteiger partial charge in [0.2, 0.25) is 0 Å². The Kier molecular flexibility index (Phi) is 5.40. The average Bonchev–Trinajstić information content (AvgIpc) is 2.97. The predicted octanol–water partition coefficient (Wildman–Crippen LogP) is 3.38. The van der Waals surface area contributed by atoms with E-state index in [9.17, 15) is 10.2 Å². The van der Waals surface area contributed by atoms with Crippen molar-refractivity contribution in [3.05, 3.63) is 47.1 Å². The van der Waals surface area contributed by atoms with E-state index in [1.165, 1.54) is 5.57 Å². The molecule has 2 bridgehead atoms. The Balaban J connectivity index is 1.84. The van der Waals surface area contributed by atoms with Gasteiger partial charge in [-0.3, -0.25) is 0 Å². The summed E-state index contributed by atoms with van der Waals surface area (Å²) >= 11 is 0. The summed E-state index contributed by atoms with van der Waals surface area (Å²) in [5.41, 5.74) is 4.23. The first kappa shape index (κ1) is 17.6. The van der Waals surface area contributed by atoms with Crippen LogP contribution < -0.4 is 0 Å². The van der Waals surface area contributed by atoms with Gasteiger partial charge in [-0.1, -0.05) is 36.0 Å². The molecule has 3 rings (SSSR count). The molecule has 3 aliphatic rings. The standard InChI is InChI=1S/C20H28O4/c1-12-5-4-6-15-11-16(23-20(15)22)9-13(2)10-18-17(8-7-12)14(3)19(21)24-18/h5,10-11,16-22H,3-4,6-9H2,1-2H3/b12-5+,13-10+/t16?,17-,18+,19?,20?/m1/s1. The number of allylic oxidation sites excluding steroid dienone is 2. The molecule has 24 heavy (non-hydrogen) atoms. The van der Waals surface area contributed by atoms with Crippen molar-refractivity contribution in [1.29, 1.82) is 0 Å². The fourth-order valence-electron chi connectivity index (χ4n) is 3.79. The molecular formula is C20H28O4. The van der Waals surface area contributed by atoms with Crippen LogP contribution in [0.15, 0.2) is 47.1 Å². The Morgan fingerprint density at radius 1 is 1.04 bits per heavy atom. The Morgan fingerprint density at radius 2 is 1.83 bits per heavy atom. The highest BCUT2D eigenvalue weighted by Gasteiger charge is 2.36. The van der Waals surface area contributed by atoms with Crippen LogP contribution in [0.4, 0.5) is 0 Å².